The van der Waals surface area contributed by atoms with Crippen molar-refractivity contribution >= 4 is 11.6 Å². The number of fused-ring (bicyclic) bond motifs is 7. The number of carbonyl (C=O) groups excluding carboxylic acids is 1. The first-order chi connectivity index (χ1) is 15.5. The standard InChI is InChI=1S/C22H14FN7O2/c1-30-16(8-24)17-15-9-27-21(25)22(28-15)32-10-11-7-12(23)4-5-13(11)18-14(3-2-6-26-18)20(31)19(17)29-30/h2-7,9H,10H2,1H3,(H2,25,27). The van der Waals surface area contributed by atoms with E-state index in [1.807, 2.05) is 0 Å². The molecule has 5 rings (SSSR count). The van der Waals surface area contributed by atoms with E-state index in [9.17, 15) is 14.4 Å². The van der Waals surface area contributed by atoms with Gasteiger partial charge in [0.2, 0.25) is 5.78 Å². The lowest BCUT2D eigenvalue weighted by Gasteiger charge is -2.15. The molecule has 0 unspecified atom stereocenters. The number of nitriles is 1. The van der Waals surface area contributed by atoms with Gasteiger partial charge in [-0.25, -0.2) is 14.4 Å². The zero-order valence-electron chi connectivity index (χ0n) is 16.7. The van der Waals surface area contributed by atoms with E-state index < -0.39 is 11.6 Å². The van der Waals surface area contributed by atoms with Gasteiger partial charge in [-0.2, -0.15) is 10.4 Å². The normalized spacial score (nSPS) is 12.3. The van der Waals surface area contributed by atoms with Crippen molar-refractivity contribution in [2.24, 2.45) is 7.05 Å². The van der Waals surface area contributed by atoms with Crippen molar-refractivity contribution in [2.75, 3.05) is 5.73 Å². The number of carbonyl (C=O) groups is 1. The molecule has 0 amide bonds. The number of halogens is 1. The Hall–Kier alpha value is -4.65. The maximum atomic E-state index is 14.0. The SMILES string of the molecule is Cn1nc2c(c1C#N)-c1cnc(N)c(n1)OCc1cc(F)ccc1-c1ncccc1C2=O. The lowest BCUT2D eigenvalue weighted by Crippen LogP contribution is -2.11. The fraction of sp³-hybridized carbons (Fsp3) is 0.0909. The van der Waals surface area contributed by atoms with Crippen LogP contribution in [0.1, 0.15) is 27.3 Å². The second-order valence-corrected chi connectivity index (χ2v) is 7.07. The van der Waals surface area contributed by atoms with Crippen LogP contribution in [0.25, 0.3) is 22.5 Å². The van der Waals surface area contributed by atoms with Gasteiger partial charge in [-0.15, -0.1) is 0 Å². The number of hydrogen-bond acceptors (Lipinski definition) is 8. The van der Waals surface area contributed by atoms with Crippen LogP contribution < -0.4 is 10.5 Å². The van der Waals surface area contributed by atoms with E-state index in [0.717, 1.165) is 0 Å². The van der Waals surface area contributed by atoms with Crippen LogP contribution in [0.4, 0.5) is 10.2 Å². The first-order valence-electron chi connectivity index (χ1n) is 9.49. The number of benzene rings is 1. The molecule has 4 heterocycles. The maximum Gasteiger partial charge on any atom is 0.258 e. The third kappa shape index (κ3) is 2.95. The Bertz CT molecular complexity index is 1460. The number of aromatic nitrogens is 5. The molecule has 2 N–H and O–H groups in total. The summed E-state index contributed by atoms with van der Waals surface area (Å²) in [6.07, 6.45) is 2.89. The number of ether oxygens (including phenoxy) is 1. The Balaban J connectivity index is 1.87. The van der Waals surface area contributed by atoms with Gasteiger partial charge in [-0.05, 0) is 30.3 Å². The summed E-state index contributed by atoms with van der Waals surface area (Å²) in [5.41, 5.74) is 8.02. The molecule has 0 atom stereocenters. The molecule has 0 radical (unpaired) electrons. The minimum absolute atomic E-state index is 0.00700. The molecule has 9 nitrogen and oxygen atoms in total. The highest BCUT2D eigenvalue weighted by Gasteiger charge is 2.29. The predicted octanol–water partition coefficient (Wildman–Crippen LogP) is 2.66. The smallest absolute Gasteiger partial charge is 0.258 e. The largest absolute Gasteiger partial charge is 0.470 e. The fourth-order valence-corrected chi connectivity index (χ4v) is 3.65. The molecule has 0 saturated heterocycles. The number of aryl methyl sites for hydroxylation is 1. The van der Waals surface area contributed by atoms with Crippen LogP contribution in [0.2, 0.25) is 0 Å². The summed E-state index contributed by atoms with van der Waals surface area (Å²) in [5.74, 6) is -0.929. The van der Waals surface area contributed by atoms with Crippen molar-refractivity contribution in [1.82, 2.24) is 24.7 Å². The number of nitrogens with zero attached hydrogens (tertiary/aromatic N) is 6. The van der Waals surface area contributed by atoms with Gasteiger partial charge in [0.05, 0.1) is 28.7 Å². The second kappa shape index (κ2) is 7.24. The van der Waals surface area contributed by atoms with E-state index in [0.29, 0.717) is 16.8 Å². The summed E-state index contributed by atoms with van der Waals surface area (Å²) in [5, 5.41) is 14.0. The first kappa shape index (κ1) is 19.3. The molecule has 0 saturated carbocycles. The summed E-state index contributed by atoms with van der Waals surface area (Å²) in [4.78, 5) is 26.5. The molecule has 4 aromatic rings. The van der Waals surface area contributed by atoms with E-state index in [-0.39, 0.29) is 46.5 Å². The van der Waals surface area contributed by atoms with Gasteiger partial charge < -0.3 is 10.5 Å². The highest BCUT2D eigenvalue weighted by molar-refractivity contribution is 6.14. The Morgan fingerprint density at radius 3 is 2.88 bits per heavy atom. The van der Waals surface area contributed by atoms with E-state index in [1.54, 1.807) is 19.2 Å². The second-order valence-electron chi connectivity index (χ2n) is 7.07. The number of anilines is 1. The van der Waals surface area contributed by atoms with Crippen molar-refractivity contribution in [3.05, 3.63) is 71.1 Å². The molecule has 2 bridgehead atoms. The molecule has 1 aromatic carbocycles. The van der Waals surface area contributed by atoms with Gasteiger partial charge in [-0.1, -0.05) is 0 Å². The Kier molecular flexibility index (Phi) is 4.37. The third-order valence-electron chi connectivity index (χ3n) is 5.13. The van der Waals surface area contributed by atoms with Gasteiger partial charge in [-0.3, -0.25) is 14.5 Å². The van der Waals surface area contributed by atoms with E-state index in [4.69, 9.17) is 10.5 Å². The molecule has 0 fully saturated rings. The predicted molar refractivity (Wildman–Crippen MR) is 111 cm³/mol. The van der Waals surface area contributed by atoms with Gasteiger partial charge in [0.15, 0.2) is 5.82 Å². The van der Waals surface area contributed by atoms with Crippen molar-refractivity contribution in [1.29, 1.82) is 5.26 Å². The highest BCUT2D eigenvalue weighted by atomic mass is 19.1. The topological polar surface area (TPSA) is 133 Å². The van der Waals surface area contributed by atoms with E-state index in [1.165, 1.54) is 35.3 Å². The molecule has 0 aliphatic carbocycles. The fourth-order valence-electron chi connectivity index (χ4n) is 3.65. The van der Waals surface area contributed by atoms with Crippen LogP contribution in [-0.2, 0) is 13.7 Å². The van der Waals surface area contributed by atoms with Crippen molar-refractivity contribution in [2.45, 2.75) is 6.61 Å². The van der Waals surface area contributed by atoms with Crippen LogP contribution in [-0.4, -0.2) is 30.5 Å². The average molecular weight is 427 g/mol. The summed E-state index contributed by atoms with van der Waals surface area (Å²) >= 11 is 0. The van der Waals surface area contributed by atoms with Gasteiger partial charge in [0.25, 0.3) is 5.88 Å². The number of nitrogens with two attached hydrogens (primary N) is 1. The van der Waals surface area contributed by atoms with Gasteiger partial charge >= 0.3 is 0 Å². The number of pyridine rings is 1. The number of nitrogen functional groups attached to an aromatic ring is 1. The van der Waals surface area contributed by atoms with Crippen molar-refractivity contribution < 1.29 is 13.9 Å². The highest BCUT2D eigenvalue weighted by Crippen LogP contribution is 2.34. The van der Waals surface area contributed by atoms with Crippen LogP contribution in [0, 0.1) is 17.1 Å². The van der Waals surface area contributed by atoms with Crippen LogP contribution in [0.3, 0.4) is 0 Å². The monoisotopic (exact) mass is 427 g/mol. The Labute approximate surface area is 180 Å². The lowest BCUT2D eigenvalue weighted by molar-refractivity contribution is 0.103. The molecule has 1 aliphatic heterocycles. The van der Waals surface area contributed by atoms with Crippen molar-refractivity contribution in [3.63, 3.8) is 0 Å². The summed E-state index contributed by atoms with van der Waals surface area (Å²) in [6, 6.07) is 9.40. The summed E-state index contributed by atoms with van der Waals surface area (Å²) in [7, 11) is 1.56. The van der Waals surface area contributed by atoms with Crippen LogP contribution in [0.15, 0.2) is 42.7 Å². The average Bonchev–Trinajstić information content (AvgIpc) is 3.13. The Morgan fingerprint density at radius 1 is 1.22 bits per heavy atom. The zero-order valence-corrected chi connectivity index (χ0v) is 16.7. The minimum atomic E-state index is -0.471. The molecule has 0 spiro atoms. The molecule has 3 aromatic heterocycles. The molecule has 156 valence electrons. The Morgan fingerprint density at radius 2 is 2.06 bits per heavy atom. The molecule has 1 aliphatic rings. The van der Waals surface area contributed by atoms with Crippen LogP contribution >= 0.6 is 0 Å². The molecular formula is C22H14FN7O2. The van der Waals surface area contributed by atoms with Crippen LogP contribution in [0.5, 0.6) is 5.88 Å². The summed E-state index contributed by atoms with van der Waals surface area (Å²) < 4.78 is 21.1. The van der Waals surface area contributed by atoms with Gasteiger partial charge in [0, 0.05) is 24.4 Å². The molecule has 32 heavy (non-hydrogen) atoms. The number of ketones is 1. The van der Waals surface area contributed by atoms with Crippen molar-refractivity contribution in [3.8, 4) is 34.5 Å². The quantitative estimate of drug-likeness (QED) is 0.453. The number of rotatable bonds is 0. The maximum absolute atomic E-state index is 14.0. The minimum Gasteiger partial charge on any atom is -0.470 e. The third-order valence-corrected chi connectivity index (χ3v) is 5.13. The number of hydrogen-bond donors (Lipinski definition) is 1. The summed E-state index contributed by atoms with van der Waals surface area (Å²) in [6.45, 7) is -0.0926. The lowest BCUT2D eigenvalue weighted by atomic mass is 9.95. The first-order valence-corrected chi connectivity index (χ1v) is 9.49. The van der Waals surface area contributed by atoms with Gasteiger partial charge in [0.1, 0.15) is 29.9 Å². The zero-order chi connectivity index (χ0) is 22.4. The van der Waals surface area contributed by atoms with E-state index >= 15 is 0 Å². The van der Waals surface area contributed by atoms with E-state index in [2.05, 4.69) is 26.1 Å². The molecule has 10 heteroatoms. The molecular weight excluding hydrogens is 413 g/mol.